The molecule has 4 heterocycles. The molecule has 8 rings (SSSR count). The molecule has 0 bridgehead atoms. The first kappa shape index (κ1) is 33.3. The van der Waals surface area contributed by atoms with Gasteiger partial charge in [0.15, 0.2) is 0 Å². The van der Waals surface area contributed by atoms with E-state index in [1.54, 1.807) is 0 Å². The van der Waals surface area contributed by atoms with Gasteiger partial charge in [0.05, 0.1) is 16.6 Å². The fraction of sp³-hybridized carbons (Fsp3) is 0.302. The SMILES string of the molecule is CC(C)(C)c1ccnc(-n2c3[c-]c(Oc4[c-]c(-n5[c-][n+]6c7c(cccc75)C(C)(C)C(C)(C)C6(C)C)ccc4)ccc3c3ccccc32)c1.[Pt]. The number of nitrogens with zero attached hydrogens (tertiary/aromatic N) is 4. The first-order valence-electron chi connectivity index (χ1n) is 16.8. The van der Waals surface area contributed by atoms with Gasteiger partial charge in [0, 0.05) is 49.7 Å². The van der Waals surface area contributed by atoms with Crippen LogP contribution in [0, 0.1) is 23.9 Å². The number of benzene rings is 4. The van der Waals surface area contributed by atoms with E-state index < -0.39 is 0 Å². The number of aromatic nitrogens is 4. The Bertz CT molecular complexity index is 2400. The van der Waals surface area contributed by atoms with Crippen LogP contribution in [0.25, 0.3) is 44.3 Å². The third kappa shape index (κ3) is 4.83. The van der Waals surface area contributed by atoms with Gasteiger partial charge < -0.3 is 18.4 Å². The molecular formula is C43H42N4OPt-2. The van der Waals surface area contributed by atoms with Crippen molar-refractivity contribution in [3.8, 4) is 23.0 Å². The number of imidazole rings is 1. The van der Waals surface area contributed by atoms with Crippen LogP contribution in [0.15, 0.2) is 91.1 Å². The van der Waals surface area contributed by atoms with Crippen molar-refractivity contribution in [3.05, 3.63) is 121 Å². The topological polar surface area (TPSA) is 35.9 Å². The number of fused-ring (bicyclic) bond motifs is 3. The third-order valence-corrected chi connectivity index (χ3v) is 11.6. The van der Waals surface area contributed by atoms with Crippen LogP contribution in [0.4, 0.5) is 0 Å². The molecule has 252 valence electrons. The van der Waals surface area contributed by atoms with Gasteiger partial charge in [0.25, 0.3) is 0 Å². The maximum Gasteiger partial charge on any atom is 0.243 e. The molecule has 6 heteroatoms. The smallest absolute Gasteiger partial charge is 0.243 e. The minimum absolute atomic E-state index is 0. The standard InChI is InChI=1S/C43H42N4O.Pt/c1-40(2,3)28-22-23-44-38(24-28)47-35-18-11-10-16-32(35)33-21-20-31(26-37(33)47)48-30-15-12-14-29(25-30)45-27-46-39-34(17-13-19-36(39)45)41(4,5)42(6,7)43(46,8)9;/h10-24H,1-9H3;/q-2;. The first-order chi connectivity index (χ1) is 22.7. The van der Waals surface area contributed by atoms with E-state index in [-0.39, 0.29) is 42.8 Å². The summed E-state index contributed by atoms with van der Waals surface area (Å²) in [4.78, 5) is 4.81. The summed E-state index contributed by atoms with van der Waals surface area (Å²) >= 11 is 0. The van der Waals surface area contributed by atoms with Crippen LogP contribution in [0.1, 0.15) is 73.4 Å². The van der Waals surface area contributed by atoms with Gasteiger partial charge >= 0.3 is 0 Å². The van der Waals surface area contributed by atoms with E-state index in [4.69, 9.17) is 9.72 Å². The zero-order chi connectivity index (χ0) is 33.8. The average Bonchev–Trinajstić information content (AvgIpc) is 3.60. The maximum atomic E-state index is 6.52. The zero-order valence-corrected chi connectivity index (χ0v) is 31.9. The summed E-state index contributed by atoms with van der Waals surface area (Å²) in [6.45, 7) is 20.8. The molecule has 49 heavy (non-hydrogen) atoms. The molecule has 3 aromatic heterocycles. The van der Waals surface area contributed by atoms with E-state index in [1.807, 2.05) is 24.4 Å². The number of ether oxygens (including phenoxy) is 1. The number of para-hydroxylation sites is 2. The number of pyridine rings is 1. The van der Waals surface area contributed by atoms with Crippen molar-refractivity contribution in [1.82, 2.24) is 14.1 Å². The molecule has 1 aliphatic heterocycles. The summed E-state index contributed by atoms with van der Waals surface area (Å²) in [6.07, 6.45) is 5.63. The molecule has 5 nitrogen and oxygen atoms in total. The predicted octanol–water partition coefficient (Wildman–Crippen LogP) is 9.95. The third-order valence-electron chi connectivity index (χ3n) is 11.6. The van der Waals surface area contributed by atoms with Gasteiger partial charge in [-0.15, -0.1) is 29.7 Å². The second kappa shape index (κ2) is 11.2. The predicted molar refractivity (Wildman–Crippen MR) is 193 cm³/mol. The summed E-state index contributed by atoms with van der Waals surface area (Å²) in [5.74, 6) is 2.10. The van der Waals surface area contributed by atoms with Gasteiger partial charge in [-0.05, 0) is 59.4 Å². The number of hydrogen-bond acceptors (Lipinski definition) is 2. The van der Waals surface area contributed by atoms with Gasteiger partial charge in [-0.25, -0.2) is 4.98 Å². The van der Waals surface area contributed by atoms with Crippen LogP contribution >= 0.6 is 0 Å². The molecule has 1 aliphatic rings. The van der Waals surface area contributed by atoms with Crippen LogP contribution in [0.5, 0.6) is 11.5 Å². The summed E-state index contributed by atoms with van der Waals surface area (Å²) in [6, 6.07) is 36.6. The molecule has 0 spiro atoms. The molecule has 0 amide bonds. The Morgan fingerprint density at radius 3 is 2.24 bits per heavy atom. The van der Waals surface area contributed by atoms with Crippen molar-refractivity contribution in [2.24, 2.45) is 5.41 Å². The van der Waals surface area contributed by atoms with E-state index in [9.17, 15) is 0 Å². The molecule has 0 saturated heterocycles. The molecule has 0 atom stereocenters. The Hall–Kier alpha value is -4.21. The Kier molecular flexibility index (Phi) is 7.58. The monoisotopic (exact) mass is 825 g/mol. The zero-order valence-electron chi connectivity index (χ0n) is 29.7. The van der Waals surface area contributed by atoms with E-state index in [1.165, 1.54) is 16.6 Å². The van der Waals surface area contributed by atoms with Crippen molar-refractivity contribution in [1.29, 1.82) is 0 Å². The van der Waals surface area contributed by atoms with Crippen LogP contribution in [0.2, 0.25) is 0 Å². The van der Waals surface area contributed by atoms with Crippen molar-refractivity contribution < 1.29 is 30.4 Å². The van der Waals surface area contributed by atoms with Crippen molar-refractivity contribution in [2.45, 2.75) is 78.7 Å². The first-order valence-corrected chi connectivity index (χ1v) is 16.8. The second-order valence-corrected chi connectivity index (χ2v) is 15.8. The number of rotatable bonds is 4. The molecule has 0 saturated carbocycles. The molecule has 0 aliphatic carbocycles. The minimum Gasteiger partial charge on any atom is -0.510 e. The van der Waals surface area contributed by atoms with Gasteiger partial charge in [0.2, 0.25) is 6.33 Å². The van der Waals surface area contributed by atoms with E-state index in [2.05, 4.69) is 161 Å². The van der Waals surface area contributed by atoms with E-state index in [0.29, 0.717) is 11.5 Å². The summed E-state index contributed by atoms with van der Waals surface area (Å²) in [5, 5.41) is 2.26. The minimum atomic E-state index is -0.174. The van der Waals surface area contributed by atoms with Crippen molar-refractivity contribution in [3.63, 3.8) is 0 Å². The van der Waals surface area contributed by atoms with Crippen molar-refractivity contribution in [2.75, 3.05) is 0 Å². The van der Waals surface area contributed by atoms with Crippen molar-refractivity contribution >= 4 is 32.8 Å². The van der Waals surface area contributed by atoms with Crippen LogP contribution in [0.3, 0.4) is 0 Å². The summed E-state index contributed by atoms with van der Waals surface area (Å²) < 4.78 is 13.2. The van der Waals surface area contributed by atoms with Gasteiger partial charge in [-0.3, -0.25) is 0 Å². The molecule has 0 fully saturated rings. The van der Waals surface area contributed by atoms with Crippen LogP contribution in [-0.4, -0.2) is 14.1 Å². The maximum absolute atomic E-state index is 6.52. The fourth-order valence-corrected chi connectivity index (χ4v) is 7.55. The van der Waals surface area contributed by atoms with E-state index in [0.717, 1.165) is 38.8 Å². The normalized spacial score (nSPS) is 16.2. The quantitative estimate of drug-likeness (QED) is 0.131. The average molecular weight is 826 g/mol. The second-order valence-electron chi connectivity index (χ2n) is 15.8. The van der Waals surface area contributed by atoms with Gasteiger partial charge in [-0.1, -0.05) is 96.1 Å². The Balaban J connectivity index is 0.00000378. The molecule has 0 unspecified atom stereocenters. The Morgan fingerprint density at radius 1 is 0.755 bits per heavy atom. The summed E-state index contributed by atoms with van der Waals surface area (Å²) in [7, 11) is 0. The van der Waals surface area contributed by atoms with Crippen LogP contribution < -0.4 is 9.30 Å². The van der Waals surface area contributed by atoms with Crippen LogP contribution in [-0.2, 0) is 37.4 Å². The van der Waals surface area contributed by atoms with Gasteiger partial charge in [0.1, 0.15) is 5.82 Å². The van der Waals surface area contributed by atoms with E-state index >= 15 is 0 Å². The Labute approximate surface area is 303 Å². The molecule has 0 radical (unpaired) electrons. The molecule has 0 N–H and O–H groups in total. The Morgan fingerprint density at radius 2 is 1.47 bits per heavy atom. The fourth-order valence-electron chi connectivity index (χ4n) is 7.55. The summed E-state index contributed by atoms with van der Waals surface area (Å²) in [5.41, 5.74) is 7.55. The largest absolute Gasteiger partial charge is 0.510 e. The molecule has 4 aromatic carbocycles. The number of hydrogen-bond donors (Lipinski definition) is 0. The molecular weight excluding hydrogens is 784 g/mol. The van der Waals surface area contributed by atoms with Gasteiger partial charge in [-0.2, -0.15) is 18.2 Å². The molecule has 7 aromatic rings.